The molecule has 0 rings (SSSR count). The van der Waals surface area contributed by atoms with Gasteiger partial charge in [0.2, 0.25) is 5.91 Å². The number of carbonyl (C=O) groups is 2. The van der Waals surface area contributed by atoms with Gasteiger partial charge in [-0.1, -0.05) is 104 Å². The molecule has 0 aromatic rings. The second kappa shape index (κ2) is 23.6. The fourth-order valence-electron chi connectivity index (χ4n) is 3.54. The van der Waals surface area contributed by atoms with Gasteiger partial charge < -0.3 is 14.6 Å². The molecule has 0 saturated carbocycles. The summed E-state index contributed by atoms with van der Waals surface area (Å²) in [4.78, 5) is 24.1. The summed E-state index contributed by atoms with van der Waals surface area (Å²) in [6.07, 6.45) is 16.8. The largest absolute Gasteiger partial charge is 1.00 e. The zero-order chi connectivity index (χ0) is 24.1. The Morgan fingerprint density at radius 2 is 1.18 bits per heavy atom. The van der Waals surface area contributed by atoms with Gasteiger partial charge in [0.1, 0.15) is 15.4 Å². The predicted molar refractivity (Wildman–Crippen MR) is 127 cm³/mol. The van der Waals surface area contributed by atoms with Crippen LogP contribution < -0.4 is 34.9 Å². The number of carbonyl (C=O) groups excluding carboxylic acids is 2. The SMILES string of the molecule is CCCCCCCCCCNC(=O)C(CC(=O)OCCCCCCCCCC)S(=O)(=O)[O-].[Na+]. The summed E-state index contributed by atoms with van der Waals surface area (Å²) in [6, 6.07) is 0. The van der Waals surface area contributed by atoms with Crippen molar-refractivity contribution in [2.45, 2.75) is 128 Å². The maximum atomic E-state index is 12.2. The second-order valence-electron chi connectivity index (χ2n) is 8.65. The van der Waals surface area contributed by atoms with Crippen LogP contribution in [0.1, 0.15) is 123 Å². The summed E-state index contributed by atoms with van der Waals surface area (Å²) >= 11 is 0. The van der Waals surface area contributed by atoms with Crippen molar-refractivity contribution >= 4 is 22.0 Å². The molecule has 1 amide bonds. The Kier molecular flexibility index (Phi) is 25.0. The van der Waals surface area contributed by atoms with Crippen LogP contribution in [0.15, 0.2) is 0 Å². The van der Waals surface area contributed by atoms with Crippen LogP contribution in [0, 0.1) is 0 Å². The van der Waals surface area contributed by atoms with Gasteiger partial charge in [-0.3, -0.25) is 9.59 Å². The number of nitrogens with one attached hydrogen (secondary N) is 1. The fraction of sp³-hybridized carbons (Fsp3) is 0.917. The van der Waals surface area contributed by atoms with E-state index >= 15 is 0 Å². The molecular formula is C24H46NNaO6S. The van der Waals surface area contributed by atoms with Crippen molar-refractivity contribution in [1.29, 1.82) is 0 Å². The van der Waals surface area contributed by atoms with E-state index in [2.05, 4.69) is 19.2 Å². The summed E-state index contributed by atoms with van der Waals surface area (Å²) in [5.74, 6) is -1.73. The number of hydrogen-bond acceptors (Lipinski definition) is 6. The summed E-state index contributed by atoms with van der Waals surface area (Å²) < 4.78 is 39.4. The summed E-state index contributed by atoms with van der Waals surface area (Å²) in [7, 11) is -4.93. The first kappa shape index (κ1) is 35.0. The average molecular weight is 500 g/mol. The van der Waals surface area contributed by atoms with Gasteiger partial charge in [-0.05, 0) is 12.8 Å². The monoisotopic (exact) mass is 499 g/mol. The zero-order valence-electron chi connectivity index (χ0n) is 21.4. The quantitative estimate of drug-likeness (QED) is 0.106. The van der Waals surface area contributed by atoms with E-state index in [9.17, 15) is 22.6 Å². The van der Waals surface area contributed by atoms with Crippen LogP contribution in [0.4, 0.5) is 0 Å². The van der Waals surface area contributed by atoms with Crippen LogP contribution in [0.5, 0.6) is 0 Å². The molecule has 9 heteroatoms. The van der Waals surface area contributed by atoms with Crippen molar-refractivity contribution < 1.29 is 56.9 Å². The van der Waals surface area contributed by atoms with Gasteiger partial charge in [0.05, 0.1) is 13.0 Å². The van der Waals surface area contributed by atoms with Gasteiger partial charge in [-0.2, -0.15) is 0 Å². The first-order chi connectivity index (χ1) is 15.3. The second-order valence-corrected chi connectivity index (χ2v) is 10.2. The van der Waals surface area contributed by atoms with Crippen LogP contribution >= 0.6 is 0 Å². The Morgan fingerprint density at radius 1 is 0.758 bits per heavy atom. The van der Waals surface area contributed by atoms with Gasteiger partial charge in [0.25, 0.3) is 0 Å². The Labute approximate surface area is 224 Å². The average Bonchev–Trinajstić information content (AvgIpc) is 2.74. The van der Waals surface area contributed by atoms with Crippen molar-refractivity contribution in [1.82, 2.24) is 5.32 Å². The molecule has 0 saturated heterocycles. The van der Waals surface area contributed by atoms with Gasteiger partial charge in [0, 0.05) is 6.54 Å². The van der Waals surface area contributed by atoms with Crippen LogP contribution in [-0.4, -0.2) is 43.2 Å². The minimum Gasteiger partial charge on any atom is -0.747 e. The molecule has 1 atom stereocenters. The number of amides is 1. The predicted octanol–water partition coefficient (Wildman–Crippen LogP) is 2.24. The molecular weight excluding hydrogens is 453 g/mol. The van der Waals surface area contributed by atoms with Crippen molar-refractivity contribution in [3.8, 4) is 0 Å². The Hall–Kier alpha value is -0.150. The van der Waals surface area contributed by atoms with E-state index in [-0.39, 0.29) is 36.2 Å². The molecule has 0 aromatic heterocycles. The maximum absolute atomic E-state index is 12.2. The third-order valence-electron chi connectivity index (χ3n) is 5.58. The van der Waals surface area contributed by atoms with Crippen molar-refractivity contribution in [2.75, 3.05) is 13.2 Å². The summed E-state index contributed by atoms with van der Waals surface area (Å²) in [5, 5.41) is 0.557. The maximum Gasteiger partial charge on any atom is 1.00 e. The van der Waals surface area contributed by atoms with Gasteiger partial charge in [-0.25, -0.2) is 8.42 Å². The Bertz CT molecular complexity index is 586. The molecule has 0 bridgehead atoms. The molecule has 7 nitrogen and oxygen atoms in total. The third-order valence-corrected chi connectivity index (χ3v) is 6.66. The van der Waals surface area contributed by atoms with E-state index in [0.717, 1.165) is 38.5 Å². The number of esters is 1. The smallest absolute Gasteiger partial charge is 0.747 e. The molecule has 0 aliphatic heterocycles. The molecule has 0 fully saturated rings. The molecule has 0 aliphatic carbocycles. The fourth-order valence-corrected chi connectivity index (χ4v) is 4.23. The Morgan fingerprint density at radius 3 is 1.64 bits per heavy atom. The zero-order valence-corrected chi connectivity index (χ0v) is 24.2. The standard InChI is InChI=1S/C24H47NO6S.Na/c1-3-5-7-9-11-13-15-17-19-25-24(27)22(32(28,29)30)21-23(26)31-20-18-16-14-12-10-8-6-4-2;/h22H,3-21H2,1-2H3,(H,25,27)(H,28,29,30);/q;+1/p-1. The van der Waals surface area contributed by atoms with Crippen LogP contribution in [0.3, 0.4) is 0 Å². The van der Waals surface area contributed by atoms with E-state index in [1.165, 1.54) is 51.4 Å². The van der Waals surface area contributed by atoms with Crippen LogP contribution in [0.2, 0.25) is 0 Å². The topological polar surface area (TPSA) is 113 Å². The molecule has 1 N–H and O–H groups in total. The van der Waals surface area contributed by atoms with E-state index < -0.39 is 33.7 Å². The molecule has 0 radical (unpaired) electrons. The number of unbranched alkanes of at least 4 members (excludes halogenated alkanes) is 14. The van der Waals surface area contributed by atoms with E-state index in [1.807, 2.05) is 0 Å². The molecule has 190 valence electrons. The van der Waals surface area contributed by atoms with Gasteiger partial charge in [-0.15, -0.1) is 0 Å². The van der Waals surface area contributed by atoms with Crippen molar-refractivity contribution in [3.05, 3.63) is 0 Å². The number of hydrogen-bond donors (Lipinski definition) is 1. The number of ether oxygens (including phenoxy) is 1. The van der Waals surface area contributed by atoms with E-state index in [1.54, 1.807) is 0 Å². The van der Waals surface area contributed by atoms with Gasteiger partial charge >= 0.3 is 35.5 Å². The first-order valence-corrected chi connectivity index (χ1v) is 14.2. The minimum atomic E-state index is -4.93. The van der Waals surface area contributed by atoms with E-state index in [0.29, 0.717) is 19.4 Å². The molecule has 1 unspecified atom stereocenters. The minimum absolute atomic E-state index is 0. The third kappa shape index (κ3) is 22.1. The molecule has 0 aromatic carbocycles. The summed E-state index contributed by atoms with van der Waals surface area (Å²) in [5.41, 5.74) is 0. The van der Waals surface area contributed by atoms with E-state index in [4.69, 9.17) is 4.74 Å². The normalized spacial score (nSPS) is 12.1. The first-order valence-electron chi connectivity index (χ1n) is 12.7. The molecule has 0 aliphatic rings. The van der Waals surface area contributed by atoms with Crippen molar-refractivity contribution in [3.63, 3.8) is 0 Å². The van der Waals surface area contributed by atoms with Gasteiger partial charge in [0.15, 0.2) is 0 Å². The molecule has 0 heterocycles. The van der Waals surface area contributed by atoms with Crippen LogP contribution in [-0.2, 0) is 24.4 Å². The molecule has 0 spiro atoms. The van der Waals surface area contributed by atoms with Crippen molar-refractivity contribution in [2.24, 2.45) is 0 Å². The molecule has 33 heavy (non-hydrogen) atoms. The summed E-state index contributed by atoms with van der Waals surface area (Å²) in [6.45, 7) is 4.83. The van der Waals surface area contributed by atoms with Crippen LogP contribution in [0.25, 0.3) is 0 Å². The Balaban J connectivity index is 0. The number of rotatable bonds is 22.